The molecule has 0 N–H and O–H groups in total. The summed E-state index contributed by atoms with van der Waals surface area (Å²) in [6, 6.07) is 67.4. The second-order valence-electron chi connectivity index (χ2n) is 14.0. The van der Waals surface area contributed by atoms with Gasteiger partial charge in [-0.1, -0.05) is 158 Å². The Morgan fingerprint density at radius 2 is 0.893 bits per heavy atom. The van der Waals surface area contributed by atoms with Gasteiger partial charge in [-0.3, -0.25) is 0 Å². The van der Waals surface area contributed by atoms with Crippen molar-refractivity contribution >= 4 is 43.7 Å². The van der Waals surface area contributed by atoms with Crippen LogP contribution in [-0.2, 0) is 0 Å². The maximum Gasteiger partial charge on any atom is 0.166 e. The number of nitrogens with zero attached hydrogens (tertiary/aromatic N) is 4. The van der Waals surface area contributed by atoms with Crippen LogP contribution in [0, 0.1) is 0 Å². The minimum Gasteiger partial charge on any atom is -0.456 e. The minimum absolute atomic E-state index is 0.593. The van der Waals surface area contributed by atoms with E-state index in [0.29, 0.717) is 17.5 Å². The van der Waals surface area contributed by atoms with Crippen molar-refractivity contribution in [3.63, 3.8) is 0 Å². The van der Waals surface area contributed by atoms with E-state index in [2.05, 4.69) is 150 Å². The predicted octanol–water partition coefficient (Wildman–Crippen LogP) is 13.2. The molecule has 0 aliphatic heterocycles. The number of rotatable bonds is 6. The Balaban J connectivity index is 1.17. The summed E-state index contributed by atoms with van der Waals surface area (Å²) in [5, 5.41) is 4.52. The van der Waals surface area contributed by atoms with Gasteiger partial charge in [-0.25, -0.2) is 15.0 Å². The van der Waals surface area contributed by atoms with Crippen LogP contribution in [0.1, 0.15) is 0 Å². The molecule has 8 aromatic carbocycles. The van der Waals surface area contributed by atoms with Crippen molar-refractivity contribution in [1.82, 2.24) is 19.5 Å². The Bertz CT molecular complexity index is 3220. The summed E-state index contributed by atoms with van der Waals surface area (Å²) in [5.41, 5.74) is 12.2. The van der Waals surface area contributed by atoms with E-state index in [1.54, 1.807) is 0 Å². The normalized spacial score (nSPS) is 11.6. The SMILES string of the molecule is c1ccc(-c2ccc(-c3nc(-c4ccccc4)nc(-c4ccccc4-n4c5cc6oc7ccccc7c6cc5c5c(-c6ccccc6)cccc54)n3)cc2)cc1. The fraction of sp³-hybridized carbons (Fsp3) is 0. The second-order valence-corrected chi connectivity index (χ2v) is 14.0. The van der Waals surface area contributed by atoms with Crippen LogP contribution in [0.4, 0.5) is 0 Å². The molecule has 0 fully saturated rings. The van der Waals surface area contributed by atoms with Gasteiger partial charge in [0.1, 0.15) is 11.2 Å². The molecule has 11 aromatic rings. The van der Waals surface area contributed by atoms with E-state index >= 15 is 0 Å². The highest BCUT2D eigenvalue weighted by Gasteiger charge is 2.22. The van der Waals surface area contributed by atoms with E-state index in [1.165, 1.54) is 10.9 Å². The first-order valence-corrected chi connectivity index (χ1v) is 18.8. The third-order valence-electron chi connectivity index (χ3n) is 10.7. The number of para-hydroxylation sites is 2. The molecule has 5 heteroatoms. The molecule has 0 bridgehead atoms. The van der Waals surface area contributed by atoms with E-state index in [-0.39, 0.29) is 0 Å². The summed E-state index contributed by atoms with van der Waals surface area (Å²) in [6.45, 7) is 0. The second kappa shape index (κ2) is 13.0. The van der Waals surface area contributed by atoms with Crippen molar-refractivity contribution < 1.29 is 4.42 Å². The molecule has 0 unspecified atom stereocenters. The Hall–Kier alpha value is -7.63. The average Bonchev–Trinajstić information content (AvgIpc) is 3.81. The van der Waals surface area contributed by atoms with Gasteiger partial charge in [-0.2, -0.15) is 0 Å². The van der Waals surface area contributed by atoms with Crippen LogP contribution in [0.2, 0.25) is 0 Å². The van der Waals surface area contributed by atoms with Crippen LogP contribution in [-0.4, -0.2) is 19.5 Å². The highest BCUT2D eigenvalue weighted by Crippen LogP contribution is 2.43. The molecular weight excluding hydrogens is 685 g/mol. The Morgan fingerprint density at radius 1 is 0.339 bits per heavy atom. The summed E-state index contributed by atoms with van der Waals surface area (Å²) in [6.07, 6.45) is 0. The topological polar surface area (TPSA) is 56.7 Å². The monoisotopic (exact) mass is 716 g/mol. The lowest BCUT2D eigenvalue weighted by atomic mass is 9.99. The maximum atomic E-state index is 6.50. The lowest BCUT2D eigenvalue weighted by Gasteiger charge is -2.15. The Labute approximate surface area is 322 Å². The highest BCUT2D eigenvalue weighted by molar-refractivity contribution is 6.21. The first kappa shape index (κ1) is 31.9. The van der Waals surface area contributed by atoms with Gasteiger partial charge in [-0.15, -0.1) is 0 Å². The highest BCUT2D eigenvalue weighted by atomic mass is 16.3. The van der Waals surface area contributed by atoms with Gasteiger partial charge in [0.2, 0.25) is 0 Å². The molecule has 11 rings (SSSR count). The van der Waals surface area contributed by atoms with Gasteiger partial charge in [0, 0.05) is 44.3 Å². The molecule has 0 aliphatic rings. The number of benzene rings is 8. The van der Waals surface area contributed by atoms with Gasteiger partial charge in [-0.05, 0) is 52.6 Å². The van der Waals surface area contributed by atoms with E-state index in [4.69, 9.17) is 19.4 Å². The summed E-state index contributed by atoms with van der Waals surface area (Å²) in [4.78, 5) is 15.5. The van der Waals surface area contributed by atoms with Crippen molar-refractivity contribution in [2.45, 2.75) is 0 Å². The molecule has 0 amide bonds. The average molecular weight is 717 g/mol. The molecule has 5 nitrogen and oxygen atoms in total. The molecule has 262 valence electrons. The molecule has 0 saturated carbocycles. The van der Waals surface area contributed by atoms with E-state index in [9.17, 15) is 0 Å². The van der Waals surface area contributed by atoms with Gasteiger partial charge < -0.3 is 8.98 Å². The quantitative estimate of drug-likeness (QED) is 0.172. The number of aromatic nitrogens is 4. The summed E-state index contributed by atoms with van der Waals surface area (Å²) in [7, 11) is 0. The summed E-state index contributed by atoms with van der Waals surface area (Å²) < 4.78 is 8.84. The standard InChI is InChI=1S/C51H32N4O/c1-4-15-33(16-5-1)34-27-29-37(30-28-34)50-52-49(36-19-8-3-9-20-36)53-51(54-50)40-22-10-12-24-43(40)55-44-25-14-23-38(35-17-6-2-7-18-35)48(44)42-31-41-39-21-11-13-26-46(39)56-47(41)32-45(42)55/h1-32H. The molecule has 3 aromatic heterocycles. The van der Waals surface area contributed by atoms with Crippen LogP contribution in [0.5, 0.6) is 0 Å². The lowest BCUT2D eigenvalue weighted by Crippen LogP contribution is -2.03. The number of furan rings is 1. The third-order valence-corrected chi connectivity index (χ3v) is 10.7. The zero-order chi connectivity index (χ0) is 37.0. The molecule has 0 radical (unpaired) electrons. The van der Waals surface area contributed by atoms with Crippen molar-refractivity contribution in [3.8, 4) is 62.1 Å². The fourth-order valence-corrected chi connectivity index (χ4v) is 8.04. The molecule has 56 heavy (non-hydrogen) atoms. The smallest absolute Gasteiger partial charge is 0.166 e. The van der Waals surface area contributed by atoms with Crippen molar-refractivity contribution in [1.29, 1.82) is 0 Å². The molecule has 3 heterocycles. The first-order chi connectivity index (χ1) is 27.8. The predicted molar refractivity (Wildman–Crippen MR) is 229 cm³/mol. The third kappa shape index (κ3) is 5.29. The Kier molecular flexibility index (Phi) is 7.42. The summed E-state index contributed by atoms with van der Waals surface area (Å²) >= 11 is 0. The van der Waals surface area contributed by atoms with E-state index in [1.807, 2.05) is 48.5 Å². The summed E-state index contributed by atoms with van der Waals surface area (Å²) in [5.74, 6) is 1.82. The van der Waals surface area contributed by atoms with Gasteiger partial charge >= 0.3 is 0 Å². The van der Waals surface area contributed by atoms with Gasteiger partial charge in [0.05, 0.1) is 16.7 Å². The largest absolute Gasteiger partial charge is 0.456 e. The maximum absolute atomic E-state index is 6.50. The van der Waals surface area contributed by atoms with Gasteiger partial charge in [0.25, 0.3) is 0 Å². The van der Waals surface area contributed by atoms with Crippen LogP contribution in [0.15, 0.2) is 199 Å². The van der Waals surface area contributed by atoms with Crippen LogP contribution in [0.3, 0.4) is 0 Å². The molecule has 0 spiro atoms. The van der Waals surface area contributed by atoms with E-state index < -0.39 is 0 Å². The van der Waals surface area contributed by atoms with Crippen LogP contribution < -0.4 is 0 Å². The van der Waals surface area contributed by atoms with Crippen molar-refractivity contribution in [2.24, 2.45) is 0 Å². The molecular formula is C51H32N4O. The van der Waals surface area contributed by atoms with Crippen LogP contribution in [0.25, 0.3) is 106 Å². The lowest BCUT2D eigenvalue weighted by molar-refractivity contribution is 0.669. The molecule has 0 saturated heterocycles. The van der Waals surface area contributed by atoms with Gasteiger partial charge in [0.15, 0.2) is 17.5 Å². The Morgan fingerprint density at radius 3 is 1.64 bits per heavy atom. The fourth-order valence-electron chi connectivity index (χ4n) is 8.04. The number of fused-ring (bicyclic) bond motifs is 6. The van der Waals surface area contributed by atoms with E-state index in [0.717, 1.165) is 77.4 Å². The molecule has 0 atom stereocenters. The minimum atomic E-state index is 0.593. The van der Waals surface area contributed by atoms with Crippen LogP contribution >= 0.6 is 0 Å². The zero-order valence-corrected chi connectivity index (χ0v) is 30.2. The zero-order valence-electron chi connectivity index (χ0n) is 30.2. The first-order valence-electron chi connectivity index (χ1n) is 18.8. The molecule has 0 aliphatic carbocycles. The van der Waals surface area contributed by atoms with Crippen molar-refractivity contribution in [2.75, 3.05) is 0 Å². The van der Waals surface area contributed by atoms with Crippen molar-refractivity contribution in [3.05, 3.63) is 194 Å². The number of hydrogen-bond donors (Lipinski definition) is 0. The number of hydrogen-bond acceptors (Lipinski definition) is 4.